The molecular weight excluding hydrogens is 519 g/mol. The van der Waals surface area contributed by atoms with Gasteiger partial charge in [0.05, 0.1) is 35.4 Å². The highest BCUT2D eigenvalue weighted by atomic mass is 35.5. The van der Waals surface area contributed by atoms with Crippen LogP contribution in [0.4, 0.5) is 5.82 Å². The first-order valence-corrected chi connectivity index (χ1v) is 12.9. The van der Waals surface area contributed by atoms with Crippen LogP contribution >= 0.6 is 23.2 Å². The molecule has 2 heterocycles. The highest BCUT2D eigenvalue weighted by molar-refractivity contribution is 6.39. The molecule has 1 N–H and O–H groups in total. The summed E-state index contributed by atoms with van der Waals surface area (Å²) in [5.74, 6) is 0.762. The van der Waals surface area contributed by atoms with Crippen molar-refractivity contribution in [2.75, 3.05) is 32.2 Å². The Balaban J connectivity index is 1.76. The summed E-state index contributed by atoms with van der Waals surface area (Å²) in [4.78, 5) is 11.3. The Hall–Kier alpha value is -3.42. The first-order chi connectivity index (χ1) is 18.3. The molecule has 6 nitrogen and oxygen atoms in total. The zero-order valence-corrected chi connectivity index (χ0v) is 22.9. The number of aliphatic hydroxyl groups is 1. The normalized spacial score (nSPS) is 13.0. The van der Waals surface area contributed by atoms with Gasteiger partial charge >= 0.3 is 0 Å². The lowest BCUT2D eigenvalue weighted by atomic mass is 9.83. The summed E-state index contributed by atoms with van der Waals surface area (Å²) in [6, 6.07) is 22.8. The van der Waals surface area contributed by atoms with E-state index in [1.807, 2.05) is 84.2 Å². The van der Waals surface area contributed by atoms with Gasteiger partial charge < -0.3 is 19.3 Å². The minimum absolute atomic E-state index is 0.555. The van der Waals surface area contributed by atoms with Crippen LogP contribution in [0.5, 0.6) is 0 Å². The summed E-state index contributed by atoms with van der Waals surface area (Å²) in [6.45, 7) is 1.21. The van der Waals surface area contributed by atoms with E-state index < -0.39 is 5.60 Å². The van der Waals surface area contributed by atoms with Crippen molar-refractivity contribution in [3.05, 3.63) is 112 Å². The topological polar surface area (TPSA) is 63.4 Å². The molecule has 1 atom stereocenters. The van der Waals surface area contributed by atoms with Gasteiger partial charge in [-0.3, -0.25) is 0 Å². The molecule has 38 heavy (non-hydrogen) atoms. The maximum Gasteiger partial charge on any atom is 0.156 e. The summed E-state index contributed by atoms with van der Waals surface area (Å²) < 4.78 is 7.11. The predicted molar refractivity (Wildman–Crippen MR) is 154 cm³/mol. The molecule has 8 heteroatoms. The molecular formula is C30H28Cl2N4O2. The van der Waals surface area contributed by atoms with Crippen LogP contribution in [0, 0.1) is 0 Å². The Morgan fingerprint density at radius 2 is 1.71 bits per heavy atom. The van der Waals surface area contributed by atoms with E-state index in [0.29, 0.717) is 40.0 Å². The van der Waals surface area contributed by atoms with Crippen molar-refractivity contribution in [1.29, 1.82) is 0 Å². The van der Waals surface area contributed by atoms with E-state index in [9.17, 15) is 5.11 Å². The van der Waals surface area contributed by atoms with Gasteiger partial charge in [0, 0.05) is 43.7 Å². The number of aryl methyl sites for hydroxylation is 1. The fourth-order valence-electron chi connectivity index (χ4n) is 4.77. The number of fused-ring (bicyclic) bond motifs is 1. The summed E-state index contributed by atoms with van der Waals surface area (Å²) in [7, 11) is 5.51. The monoisotopic (exact) mass is 546 g/mol. The van der Waals surface area contributed by atoms with Gasteiger partial charge in [-0.15, -0.1) is 0 Å². The zero-order valence-electron chi connectivity index (χ0n) is 21.4. The number of likely N-dealkylation sites (N-methyl/N-ethyl adjacent to an activating group) is 1. The number of anilines is 1. The van der Waals surface area contributed by atoms with Crippen molar-refractivity contribution in [1.82, 2.24) is 14.5 Å². The minimum atomic E-state index is -1.51. The van der Waals surface area contributed by atoms with Crippen LogP contribution in [-0.4, -0.2) is 47.0 Å². The minimum Gasteiger partial charge on any atom is -0.383 e. The lowest BCUT2D eigenvalue weighted by Crippen LogP contribution is -2.31. The lowest BCUT2D eigenvalue weighted by Gasteiger charge is -2.30. The molecule has 5 rings (SSSR count). The third-order valence-electron chi connectivity index (χ3n) is 6.82. The molecule has 2 aromatic heterocycles. The Bertz CT molecular complexity index is 1570. The quantitative estimate of drug-likeness (QED) is 0.247. The number of ether oxygens (including phenoxy) is 1. The average Bonchev–Trinajstić information content (AvgIpc) is 3.38. The number of hydrogen-bond acceptors (Lipinski definition) is 5. The molecule has 0 radical (unpaired) electrons. The smallest absolute Gasteiger partial charge is 0.156 e. The van der Waals surface area contributed by atoms with Crippen molar-refractivity contribution in [3.8, 4) is 11.1 Å². The molecule has 0 saturated carbocycles. The molecule has 0 saturated heterocycles. The summed E-state index contributed by atoms with van der Waals surface area (Å²) in [5.41, 5.74) is 2.91. The number of rotatable bonds is 8. The van der Waals surface area contributed by atoms with Gasteiger partial charge in [0.2, 0.25) is 0 Å². The first-order valence-electron chi connectivity index (χ1n) is 12.2. The van der Waals surface area contributed by atoms with Gasteiger partial charge in [0.1, 0.15) is 5.82 Å². The molecule has 5 aromatic rings. The second-order valence-corrected chi connectivity index (χ2v) is 10.1. The SMILES string of the molecule is COCCN(C)c1nc2ccc(C(O)(c3ccc(Cl)cc3)c3cncn3C)cc2c(Cl)c1-c1ccccc1. The highest BCUT2D eigenvalue weighted by Crippen LogP contribution is 2.43. The molecule has 0 spiro atoms. The Morgan fingerprint density at radius 3 is 2.37 bits per heavy atom. The first kappa shape index (κ1) is 26.2. The van der Waals surface area contributed by atoms with Crippen molar-refractivity contribution in [2.24, 2.45) is 7.05 Å². The number of pyridine rings is 1. The largest absolute Gasteiger partial charge is 0.383 e. The highest BCUT2D eigenvalue weighted by Gasteiger charge is 2.37. The standard InChI is InChI=1S/C30H28Cl2N4O2/c1-35(15-16-38-3)29-27(20-7-5-4-6-8-20)28(32)24-17-22(11-14-25(24)34-29)30(37,26-18-33-19-36(26)2)21-9-12-23(31)13-10-21/h4-14,17-19,37H,15-16H2,1-3H3. The Morgan fingerprint density at radius 1 is 1.00 bits per heavy atom. The molecule has 0 fully saturated rings. The van der Waals surface area contributed by atoms with Crippen LogP contribution in [0.25, 0.3) is 22.0 Å². The van der Waals surface area contributed by atoms with Crippen LogP contribution in [0.3, 0.4) is 0 Å². The van der Waals surface area contributed by atoms with E-state index in [4.69, 9.17) is 32.9 Å². The van der Waals surface area contributed by atoms with Crippen LogP contribution in [-0.2, 0) is 17.4 Å². The van der Waals surface area contributed by atoms with Gasteiger partial charge in [0.25, 0.3) is 0 Å². The van der Waals surface area contributed by atoms with Gasteiger partial charge in [-0.25, -0.2) is 9.97 Å². The number of imidazole rings is 1. The van der Waals surface area contributed by atoms with E-state index in [0.717, 1.165) is 27.8 Å². The zero-order chi connectivity index (χ0) is 26.9. The van der Waals surface area contributed by atoms with Gasteiger partial charge in [-0.2, -0.15) is 0 Å². The van der Waals surface area contributed by atoms with Gasteiger partial charge in [0.15, 0.2) is 5.60 Å². The average molecular weight is 547 g/mol. The maximum atomic E-state index is 12.4. The summed E-state index contributed by atoms with van der Waals surface area (Å²) in [5, 5.41) is 14.3. The molecule has 0 bridgehead atoms. The van der Waals surface area contributed by atoms with E-state index in [1.165, 1.54) is 0 Å². The fraction of sp³-hybridized carbons (Fsp3) is 0.200. The molecule has 3 aromatic carbocycles. The number of hydrogen-bond donors (Lipinski definition) is 1. The second kappa shape index (κ2) is 10.8. The summed E-state index contributed by atoms with van der Waals surface area (Å²) >= 11 is 13.4. The molecule has 194 valence electrons. The van der Waals surface area contributed by atoms with Gasteiger partial charge in [-0.05, 0) is 41.0 Å². The van der Waals surface area contributed by atoms with Crippen molar-refractivity contribution in [3.63, 3.8) is 0 Å². The van der Waals surface area contributed by atoms with Crippen molar-refractivity contribution < 1.29 is 9.84 Å². The Kier molecular flexibility index (Phi) is 7.41. The molecule has 0 aliphatic rings. The van der Waals surface area contributed by atoms with Crippen molar-refractivity contribution in [2.45, 2.75) is 5.60 Å². The van der Waals surface area contributed by atoms with E-state index >= 15 is 0 Å². The van der Waals surface area contributed by atoms with E-state index in [1.54, 1.807) is 31.8 Å². The number of methoxy groups -OCH3 is 1. The van der Waals surface area contributed by atoms with E-state index in [-0.39, 0.29) is 0 Å². The third-order valence-corrected chi connectivity index (χ3v) is 7.47. The number of nitrogens with zero attached hydrogens (tertiary/aromatic N) is 4. The second-order valence-electron chi connectivity index (χ2n) is 9.24. The maximum absolute atomic E-state index is 12.4. The number of halogens is 2. The molecule has 0 amide bonds. The molecule has 0 aliphatic carbocycles. The van der Waals surface area contributed by atoms with Crippen LogP contribution in [0.1, 0.15) is 16.8 Å². The van der Waals surface area contributed by atoms with Crippen molar-refractivity contribution >= 4 is 39.9 Å². The molecule has 1 unspecified atom stereocenters. The Labute approximate surface area is 232 Å². The van der Waals surface area contributed by atoms with Crippen LogP contribution in [0.15, 0.2) is 85.3 Å². The predicted octanol–water partition coefficient (Wildman–Crippen LogP) is 6.31. The lowest BCUT2D eigenvalue weighted by molar-refractivity contribution is 0.117. The van der Waals surface area contributed by atoms with E-state index in [2.05, 4.69) is 4.98 Å². The molecule has 0 aliphatic heterocycles. The third kappa shape index (κ3) is 4.65. The number of benzene rings is 3. The summed E-state index contributed by atoms with van der Waals surface area (Å²) in [6.07, 6.45) is 3.34. The fourth-order valence-corrected chi connectivity index (χ4v) is 5.24. The van der Waals surface area contributed by atoms with Crippen LogP contribution < -0.4 is 4.90 Å². The number of aromatic nitrogens is 3. The van der Waals surface area contributed by atoms with Crippen LogP contribution in [0.2, 0.25) is 10.0 Å². The van der Waals surface area contributed by atoms with Gasteiger partial charge in [-0.1, -0.05) is 71.7 Å².